The largest absolute Gasteiger partial charge is 0.486 e. The SMILES string of the molecule is CC[C@H](C)NC(=O)[C@H](C)N(Cc1ccc(Cl)cc1)C(=O)CN(c1ccc(F)cc1)S(=O)(=O)c1ccc2c(c1)OCCO2. The van der Waals surface area contributed by atoms with Crippen molar-refractivity contribution in [3.8, 4) is 11.5 Å². The van der Waals surface area contributed by atoms with Gasteiger partial charge < -0.3 is 19.7 Å². The predicted octanol–water partition coefficient (Wildman–Crippen LogP) is 4.78. The molecule has 3 aromatic rings. The Labute approximate surface area is 250 Å². The molecule has 1 aliphatic heterocycles. The number of anilines is 1. The van der Waals surface area contributed by atoms with Gasteiger partial charge in [0.25, 0.3) is 10.0 Å². The average molecular weight is 618 g/mol. The highest BCUT2D eigenvalue weighted by Crippen LogP contribution is 2.34. The Morgan fingerprint density at radius 2 is 1.62 bits per heavy atom. The maximum absolute atomic E-state index is 14.0. The highest BCUT2D eigenvalue weighted by molar-refractivity contribution is 7.92. The van der Waals surface area contributed by atoms with Gasteiger partial charge in [-0.3, -0.25) is 13.9 Å². The van der Waals surface area contributed by atoms with Gasteiger partial charge in [-0.1, -0.05) is 30.7 Å². The third-order valence-corrected chi connectivity index (χ3v) is 8.95. The molecule has 2 amide bonds. The highest BCUT2D eigenvalue weighted by Gasteiger charge is 2.33. The molecule has 0 bridgehead atoms. The van der Waals surface area contributed by atoms with Gasteiger partial charge in [0.2, 0.25) is 11.8 Å². The fourth-order valence-electron chi connectivity index (χ4n) is 4.28. The summed E-state index contributed by atoms with van der Waals surface area (Å²) in [6.45, 7) is 5.32. The molecular weight excluding hydrogens is 585 g/mol. The number of hydrogen-bond acceptors (Lipinski definition) is 6. The monoisotopic (exact) mass is 617 g/mol. The average Bonchev–Trinajstić information content (AvgIpc) is 2.99. The topological polar surface area (TPSA) is 105 Å². The second-order valence-electron chi connectivity index (χ2n) is 9.94. The summed E-state index contributed by atoms with van der Waals surface area (Å²) in [4.78, 5) is 28.3. The fourth-order valence-corrected chi connectivity index (χ4v) is 5.84. The Morgan fingerprint density at radius 1 is 0.976 bits per heavy atom. The van der Waals surface area contributed by atoms with Crippen molar-refractivity contribution < 1.29 is 31.9 Å². The Morgan fingerprint density at radius 3 is 2.26 bits per heavy atom. The third kappa shape index (κ3) is 7.32. The van der Waals surface area contributed by atoms with Crippen LogP contribution in [0.1, 0.15) is 32.8 Å². The van der Waals surface area contributed by atoms with E-state index in [1.807, 2.05) is 13.8 Å². The zero-order chi connectivity index (χ0) is 30.4. The quantitative estimate of drug-likeness (QED) is 0.332. The van der Waals surface area contributed by atoms with Crippen LogP contribution < -0.4 is 19.1 Å². The number of nitrogens with zero attached hydrogens (tertiary/aromatic N) is 2. The summed E-state index contributed by atoms with van der Waals surface area (Å²) in [6.07, 6.45) is 0.690. The first-order valence-corrected chi connectivity index (χ1v) is 15.3. The first-order valence-electron chi connectivity index (χ1n) is 13.5. The minimum atomic E-state index is -4.37. The van der Waals surface area contributed by atoms with Crippen molar-refractivity contribution in [3.05, 3.63) is 83.1 Å². The lowest BCUT2D eigenvalue weighted by molar-refractivity contribution is -0.139. The summed E-state index contributed by atoms with van der Waals surface area (Å²) in [5, 5.41) is 3.39. The van der Waals surface area contributed by atoms with Gasteiger partial charge in [-0.2, -0.15) is 0 Å². The molecule has 2 atom stereocenters. The molecule has 1 aliphatic rings. The number of benzene rings is 3. The number of carbonyl (C=O) groups is 2. The molecule has 4 rings (SSSR count). The standard InChI is InChI=1S/C30H33ClFN3O6S/c1-4-20(2)33-30(37)21(3)34(18-22-5-7-23(31)8-6-22)29(36)19-35(25-11-9-24(32)10-12-25)42(38,39)26-13-14-27-28(17-26)41-16-15-40-27/h5-14,17,20-21H,4,15-16,18-19H2,1-3H3,(H,33,37)/t20-,21-/m0/s1. The predicted molar refractivity (Wildman–Crippen MR) is 158 cm³/mol. The number of carbonyl (C=O) groups excluding carboxylic acids is 2. The van der Waals surface area contributed by atoms with Gasteiger partial charge in [0.1, 0.15) is 31.6 Å². The first-order chi connectivity index (χ1) is 20.0. The molecule has 1 N–H and O–H groups in total. The number of nitrogens with one attached hydrogen (secondary N) is 1. The van der Waals surface area contributed by atoms with Crippen LogP contribution in [-0.2, 0) is 26.2 Å². The Hall–Kier alpha value is -3.83. The van der Waals surface area contributed by atoms with Crippen molar-refractivity contribution in [1.82, 2.24) is 10.2 Å². The van der Waals surface area contributed by atoms with Crippen LogP contribution in [0.5, 0.6) is 11.5 Å². The summed E-state index contributed by atoms with van der Waals surface area (Å²) in [6, 6.07) is 14.7. The number of ether oxygens (including phenoxy) is 2. The molecule has 1 heterocycles. The van der Waals surface area contributed by atoms with Gasteiger partial charge in [-0.25, -0.2) is 12.8 Å². The van der Waals surface area contributed by atoms with Crippen molar-refractivity contribution in [1.29, 1.82) is 0 Å². The van der Waals surface area contributed by atoms with Crippen molar-refractivity contribution >= 4 is 39.1 Å². The van der Waals surface area contributed by atoms with E-state index >= 15 is 0 Å². The molecule has 0 aromatic heterocycles. The Balaban J connectivity index is 1.71. The van der Waals surface area contributed by atoms with Gasteiger partial charge >= 0.3 is 0 Å². The molecule has 0 fully saturated rings. The Kier molecular flexibility index (Phi) is 9.95. The van der Waals surface area contributed by atoms with E-state index in [0.29, 0.717) is 29.4 Å². The van der Waals surface area contributed by atoms with E-state index < -0.39 is 34.3 Å². The van der Waals surface area contributed by atoms with Gasteiger partial charge in [0.15, 0.2) is 11.5 Å². The third-order valence-electron chi connectivity index (χ3n) is 6.93. The second kappa shape index (κ2) is 13.4. The van der Waals surface area contributed by atoms with Crippen LogP contribution in [0.3, 0.4) is 0 Å². The number of sulfonamides is 1. The fraction of sp³-hybridized carbons (Fsp3) is 0.333. The summed E-state index contributed by atoms with van der Waals surface area (Å²) < 4.78 is 53.8. The van der Waals surface area contributed by atoms with E-state index in [1.165, 1.54) is 35.2 Å². The molecule has 0 aliphatic carbocycles. The van der Waals surface area contributed by atoms with Crippen LogP contribution >= 0.6 is 11.6 Å². The molecular formula is C30H33ClFN3O6S. The van der Waals surface area contributed by atoms with E-state index in [-0.39, 0.29) is 41.4 Å². The van der Waals surface area contributed by atoms with Crippen LogP contribution in [0.15, 0.2) is 71.6 Å². The summed E-state index contributed by atoms with van der Waals surface area (Å²) in [5.41, 5.74) is 0.766. The first kappa shape index (κ1) is 31.1. The summed E-state index contributed by atoms with van der Waals surface area (Å²) >= 11 is 6.04. The molecule has 0 radical (unpaired) electrons. The Bertz CT molecular complexity index is 1520. The smallest absolute Gasteiger partial charge is 0.264 e. The van der Waals surface area contributed by atoms with Gasteiger partial charge in [-0.15, -0.1) is 0 Å². The van der Waals surface area contributed by atoms with Crippen molar-refractivity contribution in [2.45, 2.75) is 50.7 Å². The molecule has 0 saturated heterocycles. The lowest BCUT2D eigenvalue weighted by Gasteiger charge is -2.32. The maximum atomic E-state index is 14.0. The zero-order valence-electron chi connectivity index (χ0n) is 23.5. The number of rotatable bonds is 11. The van der Waals surface area contributed by atoms with E-state index in [0.717, 1.165) is 16.4 Å². The number of fused-ring (bicyclic) bond motifs is 1. The molecule has 42 heavy (non-hydrogen) atoms. The molecule has 0 saturated carbocycles. The molecule has 0 spiro atoms. The molecule has 9 nitrogen and oxygen atoms in total. The molecule has 3 aromatic carbocycles. The van der Waals surface area contributed by atoms with Crippen molar-refractivity contribution in [3.63, 3.8) is 0 Å². The lowest BCUT2D eigenvalue weighted by atomic mass is 10.1. The van der Waals surface area contributed by atoms with Crippen LogP contribution in [0.25, 0.3) is 0 Å². The molecule has 12 heteroatoms. The van der Waals surface area contributed by atoms with Gasteiger partial charge in [0.05, 0.1) is 10.6 Å². The van der Waals surface area contributed by atoms with Crippen LogP contribution in [0.2, 0.25) is 5.02 Å². The second-order valence-corrected chi connectivity index (χ2v) is 12.2. The summed E-state index contributed by atoms with van der Waals surface area (Å²) in [5.74, 6) is -0.925. The highest BCUT2D eigenvalue weighted by atomic mass is 35.5. The van der Waals surface area contributed by atoms with Crippen molar-refractivity contribution in [2.75, 3.05) is 24.1 Å². The van der Waals surface area contributed by atoms with Gasteiger partial charge in [-0.05, 0) is 74.4 Å². The normalized spacial score (nSPS) is 14.0. The zero-order valence-corrected chi connectivity index (χ0v) is 25.1. The minimum absolute atomic E-state index is 0.0203. The molecule has 224 valence electrons. The van der Waals surface area contributed by atoms with Crippen molar-refractivity contribution in [2.24, 2.45) is 0 Å². The van der Waals surface area contributed by atoms with Crippen LogP contribution in [0.4, 0.5) is 10.1 Å². The van der Waals surface area contributed by atoms with E-state index in [1.54, 1.807) is 31.2 Å². The number of hydrogen-bond donors (Lipinski definition) is 1. The van der Waals surface area contributed by atoms with Crippen LogP contribution in [0, 0.1) is 5.82 Å². The molecule has 0 unspecified atom stereocenters. The van der Waals surface area contributed by atoms with Crippen LogP contribution in [-0.4, -0.2) is 57.0 Å². The number of amides is 2. The number of halogens is 2. The van der Waals surface area contributed by atoms with E-state index in [2.05, 4.69) is 5.32 Å². The van der Waals surface area contributed by atoms with Gasteiger partial charge in [0, 0.05) is 23.7 Å². The maximum Gasteiger partial charge on any atom is 0.264 e. The van der Waals surface area contributed by atoms with E-state index in [9.17, 15) is 22.4 Å². The lowest BCUT2D eigenvalue weighted by Crippen LogP contribution is -2.52. The summed E-state index contributed by atoms with van der Waals surface area (Å²) in [7, 11) is -4.37. The minimum Gasteiger partial charge on any atom is -0.486 e. The van der Waals surface area contributed by atoms with E-state index in [4.69, 9.17) is 21.1 Å².